The Morgan fingerprint density at radius 1 is 1.50 bits per heavy atom. The lowest BCUT2D eigenvalue weighted by molar-refractivity contribution is -0.115. The highest BCUT2D eigenvalue weighted by atomic mass is 32.2. The third-order valence-corrected chi connectivity index (χ3v) is 3.83. The fourth-order valence-corrected chi connectivity index (χ4v) is 2.84. The molecule has 6 heteroatoms. The highest BCUT2D eigenvalue weighted by Gasteiger charge is 2.17. The van der Waals surface area contributed by atoms with Gasteiger partial charge in [0.05, 0.1) is 7.11 Å². The minimum atomic E-state index is -1.28. The summed E-state index contributed by atoms with van der Waals surface area (Å²) in [5.41, 5.74) is 5.95. The maximum Gasteiger partial charge on any atom is 0.230 e. The van der Waals surface area contributed by atoms with Crippen LogP contribution >= 0.6 is 0 Å². The number of carbonyl (C=O) groups is 1. The first kappa shape index (κ1) is 14.7. The van der Waals surface area contributed by atoms with Crippen molar-refractivity contribution in [3.8, 4) is 5.75 Å². The number of ether oxygens (including phenoxy) is 1. The number of amides is 1. The van der Waals surface area contributed by atoms with Crippen molar-refractivity contribution in [2.45, 2.75) is 6.04 Å². The second kappa shape index (κ2) is 7.13. The highest BCUT2D eigenvalue weighted by molar-refractivity contribution is 7.85. The molecule has 18 heavy (non-hydrogen) atoms. The third kappa shape index (κ3) is 4.12. The molecule has 0 heterocycles. The van der Waals surface area contributed by atoms with Crippen molar-refractivity contribution in [3.05, 3.63) is 29.8 Å². The number of benzene rings is 1. The summed E-state index contributed by atoms with van der Waals surface area (Å²) in [6.45, 7) is 0. The Kier molecular flexibility index (Phi) is 5.80. The van der Waals surface area contributed by atoms with Gasteiger partial charge in [-0.25, -0.2) is 0 Å². The molecular formula is C12H18N2O3S. The predicted octanol–water partition coefficient (Wildman–Crippen LogP) is 0.190. The minimum absolute atomic E-state index is 0.118. The van der Waals surface area contributed by atoms with Crippen LogP contribution in [0.1, 0.15) is 11.6 Å². The van der Waals surface area contributed by atoms with E-state index in [1.54, 1.807) is 14.2 Å². The average Bonchev–Trinajstić information content (AvgIpc) is 2.35. The molecule has 2 unspecified atom stereocenters. The second-order valence-electron chi connectivity index (χ2n) is 3.80. The van der Waals surface area contributed by atoms with Crippen LogP contribution in [0.5, 0.6) is 5.75 Å². The number of hydrogen-bond acceptors (Lipinski definition) is 4. The molecule has 0 saturated heterocycles. The maximum absolute atomic E-state index is 11.7. The van der Waals surface area contributed by atoms with Gasteiger partial charge in [0.25, 0.3) is 0 Å². The molecule has 0 aliphatic heterocycles. The molecule has 3 N–H and O–H groups in total. The van der Waals surface area contributed by atoms with Crippen LogP contribution in [0.15, 0.2) is 24.3 Å². The zero-order valence-corrected chi connectivity index (χ0v) is 11.3. The number of methoxy groups -OCH3 is 1. The maximum atomic E-state index is 11.7. The molecule has 100 valence electrons. The van der Waals surface area contributed by atoms with E-state index in [1.807, 2.05) is 24.3 Å². The van der Waals surface area contributed by atoms with Gasteiger partial charge in [0.1, 0.15) is 11.5 Å². The van der Waals surface area contributed by atoms with Crippen LogP contribution in [0.4, 0.5) is 0 Å². The van der Waals surface area contributed by atoms with Gasteiger partial charge in [-0.3, -0.25) is 9.00 Å². The summed E-state index contributed by atoms with van der Waals surface area (Å²) in [4.78, 5) is 10.7. The van der Waals surface area contributed by atoms with E-state index >= 15 is 0 Å². The van der Waals surface area contributed by atoms with E-state index in [4.69, 9.17) is 10.5 Å². The van der Waals surface area contributed by atoms with Gasteiger partial charge in [-0.15, -0.1) is 0 Å². The molecule has 0 radical (unpaired) electrons. The van der Waals surface area contributed by atoms with Crippen molar-refractivity contribution < 1.29 is 13.7 Å². The molecule has 2 atom stereocenters. The van der Waals surface area contributed by atoms with Gasteiger partial charge >= 0.3 is 0 Å². The first-order chi connectivity index (χ1) is 8.58. The molecule has 1 rings (SSSR count). The van der Waals surface area contributed by atoms with Gasteiger partial charge < -0.3 is 15.8 Å². The van der Waals surface area contributed by atoms with E-state index in [-0.39, 0.29) is 11.8 Å². The van der Waals surface area contributed by atoms with Crippen LogP contribution in [0.3, 0.4) is 0 Å². The zero-order chi connectivity index (χ0) is 13.5. The molecule has 1 aromatic rings. The van der Waals surface area contributed by atoms with Gasteiger partial charge in [0, 0.05) is 28.2 Å². The van der Waals surface area contributed by atoms with Gasteiger partial charge in [-0.05, 0) is 13.1 Å². The Balaban J connectivity index is 2.82. The summed E-state index contributed by atoms with van der Waals surface area (Å²) in [5, 5.41) is 3.07. The highest BCUT2D eigenvalue weighted by Crippen LogP contribution is 2.25. The van der Waals surface area contributed by atoms with Crippen molar-refractivity contribution in [3.63, 3.8) is 0 Å². The van der Waals surface area contributed by atoms with E-state index in [0.717, 1.165) is 11.3 Å². The summed E-state index contributed by atoms with van der Waals surface area (Å²) in [5.74, 6) is 0.379. The molecule has 0 fully saturated rings. The van der Waals surface area contributed by atoms with Gasteiger partial charge in [-0.2, -0.15) is 0 Å². The largest absolute Gasteiger partial charge is 0.496 e. The van der Waals surface area contributed by atoms with E-state index in [0.29, 0.717) is 5.75 Å². The molecule has 5 nitrogen and oxygen atoms in total. The van der Waals surface area contributed by atoms with Crippen molar-refractivity contribution in [2.75, 3.05) is 25.7 Å². The van der Waals surface area contributed by atoms with Crippen LogP contribution in [0.25, 0.3) is 0 Å². The lowest BCUT2D eigenvalue weighted by Gasteiger charge is -2.18. The fraction of sp³-hybridized carbons (Fsp3) is 0.417. The van der Waals surface area contributed by atoms with Gasteiger partial charge in [-0.1, -0.05) is 18.2 Å². The normalized spacial score (nSPS) is 13.9. The zero-order valence-electron chi connectivity index (χ0n) is 10.5. The lowest BCUT2D eigenvalue weighted by Crippen LogP contribution is -2.28. The molecule has 0 aliphatic rings. The topological polar surface area (TPSA) is 81.4 Å². The van der Waals surface area contributed by atoms with E-state index in [2.05, 4.69) is 5.32 Å². The van der Waals surface area contributed by atoms with E-state index < -0.39 is 16.7 Å². The van der Waals surface area contributed by atoms with Gasteiger partial charge in [0.2, 0.25) is 5.91 Å². The Morgan fingerprint density at radius 3 is 2.72 bits per heavy atom. The smallest absolute Gasteiger partial charge is 0.230 e. The fourth-order valence-electron chi connectivity index (χ4n) is 1.69. The Hall–Kier alpha value is -1.40. The Labute approximate surface area is 109 Å². The Bertz CT molecular complexity index is 437. The van der Waals surface area contributed by atoms with Gasteiger partial charge in [0.15, 0.2) is 0 Å². The SMILES string of the molecule is CNC(CS(=O)CC(N)=O)c1ccccc1OC. The first-order valence-corrected chi connectivity index (χ1v) is 7.00. The van der Waals surface area contributed by atoms with Crippen molar-refractivity contribution in [1.82, 2.24) is 5.32 Å². The second-order valence-corrected chi connectivity index (χ2v) is 5.30. The summed E-state index contributed by atoms with van der Waals surface area (Å²) in [6.07, 6.45) is 0. The average molecular weight is 270 g/mol. The van der Waals surface area contributed by atoms with E-state index in [9.17, 15) is 9.00 Å². The van der Waals surface area contributed by atoms with Crippen molar-refractivity contribution in [2.24, 2.45) is 5.73 Å². The molecule has 0 bridgehead atoms. The van der Waals surface area contributed by atoms with E-state index in [1.165, 1.54) is 0 Å². The number of nitrogens with one attached hydrogen (secondary N) is 1. The number of hydrogen-bond donors (Lipinski definition) is 2. The summed E-state index contributed by atoms with van der Waals surface area (Å²) >= 11 is 0. The van der Waals surface area contributed by atoms with Crippen molar-refractivity contribution >= 4 is 16.7 Å². The minimum Gasteiger partial charge on any atom is -0.496 e. The van der Waals surface area contributed by atoms with Crippen LogP contribution in [0.2, 0.25) is 0 Å². The quantitative estimate of drug-likeness (QED) is 0.741. The number of primary amides is 1. The predicted molar refractivity (Wildman–Crippen MR) is 71.9 cm³/mol. The molecular weight excluding hydrogens is 252 g/mol. The number of para-hydroxylation sites is 1. The number of rotatable bonds is 7. The molecule has 1 aromatic carbocycles. The lowest BCUT2D eigenvalue weighted by atomic mass is 10.1. The Morgan fingerprint density at radius 2 is 2.17 bits per heavy atom. The summed E-state index contributed by atoms with van der Waals surface area (Å²) < 4.78 is 17.0. The molecule has 0 aromatic heterocycles. The van der Waals surface area contributed by atoms with Crippen LogP contribution in [0, 0.1) is 0 Å². The number of nitrogens with two attached hydrogens (primary N) is 1. The third-order valence-electron chi connectivity index (χ3n) is 2.52. The molecule has 0 aliphatic carbocycles. The first-order valence-electron chi connectivity index (χ1n) is 5.52. The van der Waals surface area contributed by atoms with Crippen molar-refractivity contribution in [1.29, 1.82) is 0 Å². The molecule has 1 amide bonds. The standard InChI is InChI=1S/C12H18N2O3S/c1-14-10(7-18(16)8-12(13)15)9-5-3-4-6-11(9)17-2/h3-6,10,14H,7-8H2,1-2H3,(H2,13,15). The molecule has 0 spiro atoms. The number of carbonyl (C=O) groups excluding carboxylic acids is 1. The van der Waals surface area contributed by atoms with Crippen LogP contribution < -0.4 is 15.8 Å². The monoisotopic (exact) mass is 270 g/mol. The summed E-state index contributed by atoms with van der Waals surface area (Å²) in [7, 11) is 2.08. The molecule has 0 saturated carbocycles. The van der Waals surface area contributed by atoms with Crippen LogP contribution in [-0.4, -0.2) is 35.8 Å². The summed E-state index contributed by atoms with van der Waals surface area (Å²) in [6, 6.07) is 7.37. The van der Waals surface area contributed by atoms with Crippen LogP contribution in [-0.2, 0) is 15.6 Å².